The van der Waals surface area contributed by atoms with E-state index in [0.717, 1.165) is 11.8 Å². The number of carbonyl (C=O) groups is 2. The highest BCUT2D eigenvalue weighted by molar-refractivity contribution is 5.69. The molecule has 1 N–H and O–H groups in total. The molecule has 2 atom stereocenters. The van der Waals surface area contributed by atoms with E-state index in [1.807, 2.05) is 30.3 Å². The maximum absolute atomic E-state index is 11.9. The van der Waals surface area contributed by atoms with Crippen molar-refractivity contribution >= 4 is 12.4 Å². The predicted octanol–water partition coefficient (Wildman–Crippen LogP) is 2.02. The molecule has 0 aromatic heterocycles. The zero-order valence-corrected chi connectivity index (χ0v) is 12.9. The normalized spacial score (nSPS) is 25.9. The Morgan fingerprint density at radius 1 is 1.30 bits per heavy atom. The van der Waals surface area contributed by atoms with Crippen molar-refractivity contribution in [3.8, 4) is 0 Å². The average molecular weight is 319 g/mol. The molecule has 0 unspecified atom stereocenters. The van der Waals surface area contributed by atoms with Crippen molar-refractivity contribution in [2.24, 2.45) is 5.92 Å². The molecule has 1 spiro atoms. The summed E-state index contributed by atoms with van der Waals surface area (Å²) in [7, 11) is 0. The zero-order valence-electron chi connectivity index (χ0n) is 12.9. The molecular weight excluding hydrogens is 298 g/mol. The first kappa shape index (κ1) is 16.0. The third kappa shape index (κ3) is 3.89. The second-order valence-electron chi connectivity index (χ2n) is 5.96. The van der Waals surface area contributed by atoms with Gasteiger partial charge in [0.2, 0.25) is 0 Å². The van der Waals surface area contributed by atoms with Gasteiger partial charge in [0.25, 0.3) is 0 Å². The fourth-order valence-electron chi connectivity index (χ4n) is 3.19. The summed E-state index contributed by atoms with van der Waals surface area (Å²) < 4.78 is 16.5. The van der Waals surface area contributed by atoms with Crippen LogP contribution in [0.2, 0.25) is 0 Å². The van der Waals surface area contributed by atoms with Gasteiger partial charge in [-0.25, -0.2) is 4.79 Å². The summed E-state index contributed by atoms with van der Waals surface area (Å²) >= 11 is 0. The van der Waals surface area contributed by atoms with Crippen molar-refractivity contribution in [3.63, 3.8) is 0 Å². The Morgan fingerprint density at radius 2 is 2.04 bits per heavy atom. The fourth-order valence-corrected chi connectivity index (χ4v) is 3.19. The first-order chi connectivity index (χ1) is 11.2. The largest absolute Gasteiger partial charge is 0.445 e. The summed E-state index contributed by atoms with van der Waals surface area (Å²) in [4.78, 5) is 23.3. The van der Waals surface area contributed by atoms with Crippen LogP contribution in [0.15, 0.2) is 30.3 Å². The SMILES string of the molecule is O=C[C@H]1CC2(CC[C@H]1NC(=O)OCc1ccccc1)OCCO2. The standard InChI is InChI=1S/C17H21NO5/c19-11-14-10-17(22-8-9-23-17)7-6-15(14)18-16(20)21-12-13-4-2-1-3-5-13/h1-5,11,14-15H,6-10,12H2,(H,18,20)/t14-,15-/m1/s1. The molecule has 1 saturated carbocycles. The van der Waals surface area contributed by atoms with Crippen LogP contribution in [0, 0.1) is 5.92 Å². The van der Waals surface area contributed by atoms with Crippen molar-refractivity contribution < 1.29 is 23.8 Å². The minimum absolute atomic E-state index is 0.210. The summed E-state index contributed by atoms with van der Waals surface area (Å²) in [5, 5.41) is 2.79. The summed E-state index contributed by atoms with van der Waals surface area (Å²) in [5.74, 6) is -0.969. The first-order valence-electron chi connectivity index (χ1n) is 7.91. The molecule has 1 aromatic carbocycles. The molecule has 1 saturated heterocycles. The Morgan fingerprint density at radius 3 is 2.74 bits per heavy atom. The number of nitrogens with one attached hydrogen (secondary N) is 1. The lowest BCUT2D eigenvalue weighted by molar-refractivity contribution is -0.189. The molecule has 1 amide bonds. The highest BCUT2D eigenvalue weighted by Crippen LogP contribution is 2.38. The van der Waals surface area contributed by atoms with Crippen LogP contribution in [0.5, 0.6) is 0 Å². The number of alkyl carbamates (subject to hydrolysis) is 1. The topological polar surface area (TPSA) is 73.9 Å². The van der Waals surface area contributed by atoms with Crippen LogP contribution >= 0.6 is 0 Å². The van der Waals surface area contributed by atoms with Crippen molar-refractivity contribution in [2.45, 2.75) is 37.7 Å². The number of rotatable bonds is 4. The molecule has 1 aliphatic heterocycles. The third-order valence-electron chi connectivity index (χ3n) is 4.40. The molecule has 6 nitrogen and oxygen atoms in total. The molecule has 0 bridgehead atoms. The third-order valence-corrected chi connectivity index (χ3v) is 4.40. The first-order valence-corrected chi connectivity index (χ1v) is 7.91. The van der Waals surface area contributed by atoms with E-state index in [0.29, 0.717) is 32.5 Å². The van der Waals surface area contributed by atoms with Crippen LogP contribution in [0.25, 0.3) is 0 Å². The number of carbonyl (C=O) groups excluding carboxylic acids is 2. The van der Waals surface area contributed by atoms with Gasteiger partial charge in [-0.3, -0.25) is 0 Å². The molecule has 3 rings (SSSR count). The van der Waals surface area contributed by atoms with E-state index in [1.165, 1.54) is 0 Å². The highest BCUT2D eigenvalue weighted by atomic mass is 16.7. The second kappa shape index (κ2) is 7.10. The smallest absolute Gasteiger partial charge is 0.407 e. The molecule has 1 heterocycles. The van der Waals surface area contributed by atoms with E-state index in [4.69, 9.17) is 14.2 Å². The van der Waals surface area contributed by atoms with Crippen LogP contribution < -0.4 is 5.32 Å². The van der Waals surface area contributed by atoms with Crippen molar-refractivity contribution in [1.82, 2.24) is 5.32 Å². The van der Waals surface area contributed by atoms with Gasteiger partial charge in [0.1, 0.15) is 12.9 Å². The second-order valence-corrected chi connectivity index (χ2v) is 5.96. The Bertz CT molecular complexity index is 541. The number of hydrogen-bond acceptors (Lipinski definition) is 5. The minimum atomic E-state index is -0.641. The number of aldehydes is 1. The van der Waals surface area contributed by atoms with Gasteiger partial charge < -0.3 is 24.3 Å². The van der Waals surface area contributed by atoms with E-state index in [9.17, 15) is 9.59 Å². The van der Waals surface area contributed by atoms with Gasteiger partial charge in [-0.05, 0) is 12.0 Å². The molecule has 124 valence electrons. The van der Waals surface area contributed by atoms with Gasteiger partial charge in [0.05, 0.1) is 13.2 Å². The lowest BCUT2D eigenvalue weighted by atomic mass is 9.81. The van der Waals surface area contributed by atoms with Crippen LogP contribution in [0.3, 0.4) is 0 Å². The summed E-state index contributed by atoms with van der Waals surface area (Å²) in [6, 6.07) is 9.22. The Balaban J connectivity index is 1.50. The fraction of sp³-hybridized carbons (Fsp3) is 0.529. The molecule has 2 aliphatic rings. The quantitative estimate of drug-likeness (QED) is 0.860. The van der Waals surface area contributed by atoms with Gasteiger partial charge in [-0.2, -0.15) is 0 Å². The van der Waals surface area contributed by atoms with Gasteiger partial charge in [-0.15, -0.1) is 0 Å². The minimum Gasteiger partial charge on any atom is -0.445 e. The van der Waals surface area contributed by atoms with Gasteiger partial charge >= 0.3 is 6.09 Å². The Hall–Kier alpha value is -1.92. The van der Waals surface area contributed by atoms with E-state index in [1.54, 1.807) is 0 Å². The average Bonchev–Trinajstić information content (AvgIpc) is 3.04. The maximum Gasteiger partial charge on any atom is 0.407 e. The van der Waals surface area contributed by atoms with Crippen LogP contribution in [0.1, 0.15) is 24.8 Å². The summed E-state index contributed by atoms with van der Waals surface area (Å²) in [5.41, 5.74) is 0.921. The van der Waals surface area contributed by atoms with Crippen molar-refractivity contribution in [1.29, 1.82) is 0 Å². The van der Waals surface area contributed by atoms with Crippen LogP contribution in [-0.2, 0) is 25.6 Å². The summed E-state index contributed by atoms with van der Waals surface area (Å²) in [6.07, 6.45) is 2.13. The number of hydrogen-bond donors (Lipinski definition) is 1. The highest BCUT2D eigenvalue weighted by Gasteiger charge is 2.45. The number of benzene rings is 1. The lowest BCUT2D eigenvalue weighted by Crippen LogP contribution is -2.50. The van der Waals surface area contributed by atoms with Crippen molar-refractivity contribution in [3.05, 3.63) is 35.9 Å². The monoisotopic (exact) mass is 319 g/mol. The maximum atomic E-state index is 11.9. The molecule has 0 radical (unpaired) electrons. The predicted molar refractivity (Wildman–Crippen MR) is 81.6 cm³/mol. The lowest BCUT2D eigenvalue weighted by Gasteiger charge is -2.38. The molecule has 2 fully saturated rings. The van der Waals surface area contributed by atoms with E-state index in [-0.39, 0.29) is 18.6 Å². The van der Waals surface area contributed by atoms with Gasteiger partial charge in [0, 0.05) is 24.8 Å². The number of ether oxygens (including phenoxy) is 3. The molecule has 1 aliphatic carbocycles. The molecule has 1 aromatic rings. The van der Waals surface area contributed by atoms with Gasteiger partial charge in [0.15, 0.2) is 5.79 Å². The van der Waals surface area contributed by atoms with Gasteiger partial charge in [-0.1, -0.05) is 30.3 Å². The van der Waals surface area contributed by atoms with E-state index in [2.05, 4.69) is 5.32 Å². The Kier molecular flexibility index (Phi) is 4.93. The zero-order chi connectivity index (χ0) is 16.1. The number of amides is 1. The Labute approximate surface area is 135 Å². The summed E-state index contributed by atoms with van der Waals surface area (Å²) in [6.45, 7) is 1.33. The van der Waals surface area contributed by atoms with E-state index < -0.39 is 11.9 Å². The molecule has 6 heteroatoms. The molecular formula is C17H21NO5. The van der Waals surface area contributed by atoms with E-state index >= 15 is 0 Å². The van der Waals surface area contributed by atoms with Crippen LogP contribution in [-0.4, -0.2) is 37.4 Å². The molecule has 23 heavy (non-hydrogen) atoms. The van der Waals surface area contributed by atoms with Crippen molar-refractivity contribution in [2.75, 3.05) is 13.2 Å². The van der Waals surface area contributed by atoms with Crippen LogP contribution in [0.4, 0.5) is 4.79 Å².